The van der Waals surface area contributed by atoms with E-state index < -0.39 is 15.8 Å². The summed E-state index contributed by atoms with van der Waals surface area (Å²) in [7, 11) is -2.13. The second-order valence-electron chi connectivity index (χ2n) is 4.20. The van der Waals surface area contributed by atoms with Gasteiger partial charge in [-0.25, -0.2) is 17.8 Å². The fourth-order valence-electron chi connectivity index (χ4n) is 1.59. The molecule has 0 radical (unpaired) electrons. The third-order valence-corrected chi connectivity index (χ3v) is 4.10. The highest BCUT2D eigenvalue weighted by Gasteiger charge is 2.15. The molecule has 2 N–H and O–H groups in total. The summed E-state index contributed by atoms with van der Waals surface area (Å²) in [5, 5.41) is 2.76. The maximum atomic E-state index is 13.4. The number of aryl methyl sites for hydroxylation is 1. The molecule has 0 atom stereocenters. The third-order valence-electron chi connectivity index (χ3n) is 2.72. The summed E-state index contributed by atoms with van der Waals surface area (Å²) >= 11 is 0. The number of halogens is 1. The Labute approximate surface area is 116 Å². The first-order valence-electron chi connectivity index (χ1n) is 5.85. The molecule has 7 heteroatoms. The van der Waals surface area contributed by atoms with Crippen molar-refractivity contribution in [1.29, 1.82) is 0 Å². The molecule has 1 heterocycles. The van der Waals surface area contributed by atoms with Gasteiger partial charge < -0.3 is 5.32 Å². The highest BCUT2D eigenvalue weighted by Crippen LogP contribution is 2.19. The number of anilines is 2. The molecule has 106 valence electrons. The zero-order chi connectivity index (χ0) is 14.8. The predicted octanol–water partition coefficient (Wildman–Crippen LogP) is 2.37. The number of hydrogen-bond donors (Lipinski definition) is 2. The lowest BCUT2D eigenvalue weighted by Gasteiger charge is -2.09. The van der Waals surface area contributed by atoms with E-state index in [-0.39, 0.29) is 10.6 Å². The van der Waals surface area contributed by atoms with Crippen LogP contribution in [0.4, 0.5) is 15.9 Å². The van der Waals surface area contributed by atoms with Crippen LogP contribution in [0.15, 0.2) is 41.4 Å². The maximum Gasteiger partial charge on any atom is 0.262 e. The molecule has 0 saturated heterocycles. The topological polar surface area (TPSA) is 71.1 Å². The summed E-state index contributed by atoms with van der Waals surface area (Å²) in [4.78, 5) is 3.99. The minimum Gasteiger partial charge on any atom is -0.373 e. The van der Waals surface area contributed by atoms with E-state index in [0.29, 0.717) is 11.4 Å². The van der Waals surface area contributed by atoms with Crippen molar-refractivity contribution >= 4 is 21.5 Å². The van der Waals surface area contributed by atoms with Gasteiger partial charge in [-0.15, -0.1) is 0 Å². The van der Waals surface area contributed by atoms with Crippen LogP contribution in [0.1, 0.15) is 5.56 Å². The minimum absolute atomic E-state index is 0.0535. The van der Waals surface area contributed by atoms with E-state index in [1.807, 2.05) is 0 Å². The molecule has 0 bridgehead atoms. The first-order valence-corrected chi connectivity index (χ1v) is 7.33. The van der Waals surface area contributed by atoms with E-state index >= 15 is 0 Å². The Morgan fingerprint density at radius 3 is 2.60 bits per heavy atom. The molecule has 0 aliphatic heterocycles. The molecule has 20 heavy (non-hydrogen) atoms. The SMILES string of the molecule is CNc1cc(S(=O)(=O)Nc2ccc(C)c(F)c2)ccn1. The van der Waals surface area contributed by atoms with Gasteiger partial charge in [0.1, 0.15) is 11.6 Å². The summed E-state index contributed by atoms with van der Waals surface area (Å²) in [5.74, 6) is -0.0289. The lowest BCUT2D eigenvalue weighted by molar-refractivity contribution is 0.601. The quantitative estimate of drug-likeness (QED) is 0.908. The van der Waals surface area contributed by atoms with Crippen molar-refractivity contribution < 1.29 is 12.8 Å². The number of hydrogen-bond acceptors (Lipinski definition) is 4. The van der Waals surface area contributed by atoms with Crippen LogP contribution in [0.5, 0.6) is 0 Å². The van der Waals surface area contributed by atoms with Gasteiger partial charge in [-0.2, -0.15) is 0 Å². The van der Waals surface area contributed by atoms with Gasteiger partial charge in [0.2, 0.25) is 0 Å². The van der Waals surface area contributed by atoms with Gasteiger partial charge in [0.15, 0.2) is 0 Å². The number of nitrogens with one attached hydrogen (secondary N) is 2. The number of benzene rings is 1. The second kappa shape index (κ2) is 5.46. The summed E-state index contributed by atoms with van der Waals surface area (Å²) in [5.41, 5.74) is 0.630. The van der Waals surface area contributed by atoms with Crippen LogP contribution in [-0.2, 0) is 10.0 Å². The standard InChI is InChI=1S/C13H14FN3O2S/c1-9-3-4-10(7-12(9)14)17-20(18,19)11-5-6-16-13(8-11)15-2/h3-8,17H,1-2H3,(H,15,16). The Morgan fingerprint density at radius 1 is 1.20 bits per heavy atom. The van der Waals surface area contributed by atoms with Gasteiger partial charge in [0, 0.05) is 19.3 Å². The number of rotatable bonds is 4. The van der Waals surface area contributed by atoms with E-state index in [1.165, 1.54) is 30.5 Å². The molecule has 0 saturated carbocycles. The average Bonchev–Trinajstić information content (AvgIpc) is 2.43. The average molecular weight is 295 g/mol. The molecule has 0 aliphatic rings. The molecule has 1 aromatic heterocycles. The maximum absolute atomic E-state index is 13.4. The van der Waals surface area contributed by atoms with Gasteiger partial charge in [-0.1, -0.05) is 6.07 Å². The Hall–Kier alpha value is -2.15. The zero-order valence-corrected chi connectivity index (χ0v) is 11.8. The smallest absolute Gasteiger partial charge is 0.262 e. The summed E-state index contributed by atoms with van der Waals surface area (Å²) in [6.45, 7) is 1.61. The monoisotopic (exact) mass is 295 g/mol. The van der Waals surface area contributed by atoms with Crippen molar-refractivity contribution in [3.63, 3.8) is 0 Å². The van der Waals surface area contributed by atoms with Gasteiger partial charge in [-0.05, 0) is 30.7 Å². The normalized spacial score (nSPS) is 11.2. The summed E-state index contributed by atoms with van der Waals surface area (Å²) in [6.07, 6.45) is 1.39. The van der Waals surface area contributed by atoms with Gasteiger partial charge in [0.25, 0.3) is 10.0 Å². The lowest BCUT2D eigenvalue weighted by atomic mass is 10.2. The summed E-state index contributed by atoms with van der Waals surface area (Å²) < 4.78 is 40.1. The van der Waals surface area contributed by atoms with E-state index in [0.717, 1.165) is 6.07 Å². The van der Waals surface area contributed by atoms with Crippen molar-refractivity contribution in [3.05, 3.63) is 47.9 Å². The minimum atomic E-state index is -3.77. The van der Waals surface area contributed by atoms with Crippen LogP contribution in [0.25, 0.3) is 0 Å². The first-order chi connectivity index (χ1) is 9.42. The summed E-state index contributed by atoms with van der Waals surface area (Å²) in [6, 6.07) is 6.93. The van der Waals surface area contributed by atoms with E-state index in [9.17, 15) is 12.8 Å². The number of sulfonamides is 1. The molecule has 0 amide bonds. The van der Waals surface area contributed by atoms with Crippen molar-refractivity contribution in [1.82, 2.24) is 4.98 Å². The van der Waals surface area contributed by atoms with Crippen molar-refractivity contribution in [3.8, 4) is 0 Å². The van der Waals surface area contributed by atoms with Crippen LogP contribution in [0.3, 0.4) is 0 Å². The molecular formula is C13H14FN3O2S. The zero-order valence-electron chi connectivity index (χ0n) is 11.0. The molecule has 0 aliphatic carbocycles. The van der Waals surface area contributed by atoms with Crippen LogP contribution in [0, 0.1) is 12.7 Å². The first kappa shape index (κ1) is 14.3. The van der Waals surface area contributed by atoms with Crippen molar-refractivity contribution in [2.24, 2.45) is 0 Å². The van der Waals surface area contributed by atoms with E-state index in [4.69, 9.17) is 0 Å². The van der Waals surface area contributed by atoms with Crippen LogP contribution in [-0.4, -0.2) is 20.4 Å². The van der Waals surface area contributed by atoms with Crippen molar-refractivity contribution in [2.45, 2.75) is 11.8 Å². The fourth-order valence-corrected chi connectivity index (χ4v) is 2.65. The molecule has 0 fully saturated rings. The van der Waals surface area contributed by atoms with Gasteiger partial charge in [-0.3, -0.25) is 4.72 Å². The number of pyridine rings is 1. The van der Waals surface area contributed by atoms with Crippen LogP contribution >= 0.6 is 0 Å². The van der Waals surface area contributed by atoms with Gasteiger partial charge >= 0.3 is 0 Å². The lowest BCUT2D eigenvalue weighted by Crippen LogP contribution is -2.13. The highest BCUT2D eigenvalue weighted by atomic mass is 32.2. The Bertz CT molecular complexity index is 732. The van der Waals surface area contributed by atoms with Crippen molar-refractivity contribution in [2.75, 3.05) is 17.1 Å². The molecule has 0 unspecified atom stereocenters. The fraction of sp³-hybridized carbons (Fsp3) is 0.154. The Kier molecular flexibility index (Phi) is 3.89. The molecule has 2 aromatic rings. The number of aromatic nitrogens is 1. The van der Waals surface area contributed by atoms with Gasteiger partial charge in [0.05, 0.1) is 10.6 Å². The van der Waals surface area contributed by atoms with E-state index in [2.05, 4.69) is 15.0 Å². The Morgan fingerprint density at radius 2 is 1.95 bits per heavy atom. The van der Waals surface area contributed by atoms with E-state index in [1.54, 1.807) is 14.0 Å². The van der Waals surface area contributed by atoms with Crippen LogP contribution < -0.4 is 10.0 Å². The molecular weight excluding hydrogens is 281 g/mol. The second-order valence-corrected chi connectivity index (χ2v) is 5.88. The third kappa shape index (κ3) is 3.05. The molecule has 1 aromatic carbocycles. The molecule has 0 spiro atoms. The highest BCUT2D eigenvalue weighted by molar-refractivity contribution is 7.92. The molecule has 2 rings (SSSR count). The van der Waals surface area contributed by atoms with Crippen LogP contribution in [0.2, 0.25) is 0 Å². The number of nitrogens with zero attached hydrogens (tertiary/aromatic N) is 1. The molecule has 5 nitrogen and oxygen atoms in total. The Balaban J connectivity index is 2.32. The largest absolute Gasteiger partial charge is 0.373 e. The predicted molar refractivity (Wildman–Crippen MR) is 75.7 cm³/mol.